The zero-order valence-electron chi connectivity index (χ0n) is 14.6. The zero-order valence-corrected chi connectivity index (χ0v) is 16.9. The quantitative estimate of drug-likeness (QED) is 0.647. The fourth-order valence-electron chi connectivity index (χ4n) is 2.66. The van der Waals surface area contributed by atoms with Crippen molar-refractivity contribution in [1.29, 1.82) is 0 Å². The summed E-state index contributed by atoms with van der Waals surface area (Å²) in [5.41, 5.74) is 1.63. The number of aryl methyl sites for hydroxylation is 1. The first-order valence-corrected chi connectivity index (χ1v) is 10.2. The predicted molar refractivity (Wildman–Crippen MR) is 105 cm³/mol. The summed E-state index contributed by atoms with van der Waals surface area (Å²) in [5, 5.41) is -0.0289. The molecule has 1 N–H and O–H groups in total. The predicted octanol–water partition coefficient (Wildman–Crippen LogP) is 3.97. The van der Waals surface area contributed by atoms with Gasteiger partial charge in [-0.25, -0.2) is 18.1 Å². The van der Waals surface area contributed by atoms with Gasteiger partial charge in [-0.2, -0.15) is 0 Å². The smallest absolute Gasteiger partial charge is 0.242 e. The highest BCUT2D eigenvalue weighted by molar-refractivity contribution is 7.89. The molecule has 0 amide bonds. The number of rotatable bonds is 6. The monoisotopic (exact) mass is 425 g/mol. The number of hydrogen-bond donors (Lipinski definition) is 1. The minimum absolute atomic E-state index is 0.0523. The van der Waals surface area contributed by atoms with E-state index < -0.39 is 10.0 Å². The SMILES string of the molecule is COc1ccc(S(=O)(=O)NCc2ccccc2-n2ccnc2C)c(Cl)c1Cl. The molecular formula is C18H17Cl2N3O3S. The van der Waals surface area contributed by atoms with Gasteiger partial charge in [0.05, 0.1) is 17.8 Å². The van der Waals surface area contributed by atoms with Gasteiger partial charge in [0.1, 0.15) is 21.5 Å². The Hall–Kier alpha value is -2.06. The number of methoxy groups -OCH3 is 1. The largest absolute Gasteiger partial charge is 0.495 e. The minimum atomic E-state index is -3.88. The lowest BCUT2D eigenvalue weighted by atomic mass is 10.2. The van der Waals surface area contributed by atoms with Crippen molar-refractivity contribution in [3.05, 3.63) is 70.2 Å². The van der Waals surface area contributed by atoms with Crippen LogP contribution in [-0.4, -0.2) is 25.1 Å². The summed E-state index contributed by atoms with van der Waals surface area (Å²) in [6.07, 6.45) is 3.51. The lowest BCUT2D eigenvalue weighted by Crippen LogP contribution is -2.24. The molecule has 142 valence electrons. The number of sulfonamides is 1. The Morgan fingerprint density at radius 2 is 1.89 bits per heavy atom. The Balaban J connectivity index is 1.90. The number of nitrogens with zero attached hydrogens (tertiary/aromatic N) is 2. The van der Waals surface area contributed by atoms with E-state index >= 15 is 0 Å². The second-order valence-corrected chi connectivity index (χ2v) is 8.18. The van der Waals surface area contributed by atoms with Gasteiger partial charge in [-0.1, -0.05) is 41.4 Å². The molecule has 0 saturated carbocycles. The third kappa shape index (κ3) is 3.96. The summed E-state index contributed by atoms with van der Waals surface area (Å²) in [7, 11) is -2.45. The molecule has 0 bridgehead atoms. The zero-order chi connectivity index (χ0) is 19.6. The molecule has 3 aromatic rings. The van der Waals surface area contributed by atoms with Crippen molar-refractivity contribution < 1.29 is 13.2 Å². The first-order valence-electron chi connectivity index (χ1n) is 7.95. The molecule has 9 heteroatoms. The van der Waals surface area contributed by atoms with Crippen LogP contribution < -0.4 is 9.46 Å². The number of imidazole rings is 1. The number of hydrogen-bond acceptors (Lipinski definition) is 4. The van der Waals surface area contributed by atoms with Crippen LogP contribution >= 0.6 is 23.2 Å². The number of nitrogens with one attached hydrogen (secondary N) is 1. The Bertz CT molecular complexity index is 1080. The molecule has 1 heterocycles. The number of para-hydroxylation sites is 1. The topological polar surface area (TPSA) is 73.2 Å². The van der Waals surface area contributed by atoms with Crippen molar-refractivity contribution in [2.45, 2.75) is 18.4 Å². The third-order valence-corrected chi connectivity index (χ3v) is 6.47. The molecule has 0 saturated heterocycles. The fourth-order valence-corrected chi connectivity index (χ4v) is 4.50. The standard InChI is InChI=1S/C18H17Cl2N3O3S/c1-12-21-9-10-23(12)14-6-4-3-5-13(14)11-22-27(24,25)16-8-7-15(26-2)17(19)18(16)20/h3-10,22H,11H2,1-2H3. The third-order valence-electron chi connectivity index (χ3n) is 4.05. The van der Waals surface area contributed by atoms with E-state index in [0.717, 1.165) is 17.1 Å². The maximum absolute atomic E-state index is 12.7. The maximum atomic E-state index is 12.7. The van der Waals surface area contributed by atoms with Crippen molar-refractivity contribution in [2.75, 3.05) is 7.11 Å². The first kappa shape index (κ1) is 19.7. The van der Waals surface area contributed by atoms with Gasteiger partial charge in [-0.15, -0.1) is 0 Å². The molecule has 3 rings (SSSR count). The molecule has 6 nitrogen and oxygen atoms in total. The molecule has 0 aliphatic carbocycles. The average molecular weight is 426 g/mol. The summed E-state index contributed by atoms with van der Waals surface area (Å²) in [6, 6.07) is 10.3. The number of benzene rings is 2. The van der Waals surface area contributed by atoms with Crippen molar-refractivity contribution in [2.24, 2.45) is 0 Å². The van der Waals surface area contributed by atoms with Gasteiger partial charge in [0.25, 0.3) is 0 Å². The van der Waals surface area contributed by atoms with Gasteiger partial charge in [0.2, 0.25) is 10.0 Å². The van der Waals surface area contributed by atoms with Gasteiger partial charge in [-0.05, 0) is 30.7 Å². The van der Waals surface area contributed by atoms with Gasteiger partial charge >= 0.3 is 0 Å². The Kier molecular flexibility index (Phi) is 5.76. The minimum Gasteiger partial charge on any atom is -0.495 e. The van der Waals surface area contributed by atoms with Gasteiger partial charge < -0.3 is 9.30 Å². The van der Waals surface area contributed by atoms with E-state index in [4.69, 9.17) is 27.9 Å². The number of halogens is 2. The molecule has 0 aliphatic heterocycles. The molecule has 27 heavy (non-hydrogen) atoms. The van der Waals surface area contributed by atoms with Gasteiger partial charge in [-0.3, -0.25) is 0 Å². The summed E-state index contributed by atoms with van der Waals surface area (Å²) in [5.74, 6) is 1.11. The van der Waals surface area contributed by atoms with E-state index in [0.29, 0.717) is 5.75 Å². The van der Waals surface area contributed by atoms with E-state index in [1.807, 2.05) is 42.0 Å². The lowest BCUT2D eigenvalue weighted by Gasteiger charge is -2.14. The Labute approximate surface area is 167 Å². The maximum Gasteiger partial charge on any atom is 0.242 e. The molecule has 0 spiro atoms. The highest BCUT2D eigenvalue weighted by atomic mass is 35.5. The highest BCUT2D eigenvalue weighted by Gasteiger charge is 2.22. The van der Waals surface area contributed by atoms with E-state index in [9.17, 15) is 8.42 Å². The molecule has 0 aliphatic rings. The van der Waals surface area contributed by atoms with Crippen molar-refractivity contribution >= 4 is 33.2 Å². The first-order chi connectivity index (χ1) is 12.8. The van der Waals surface area contributed by atoms with Crippen LogP contribution in [0.5, 0.6) is 5.75 Å². The fraction of sp³-hybridized carbons (Fsp3) is 0.167. The highest BCUT2D eigenvalue weighted by Crippen LogP contribution is 2.36. The van der Waals surface area contributed by atoms with Crippen LogP contribution in [0.2, 0.25) is 10.0 Å². The van der Waals surface area contributed by atoms with Crippen LogP contribution in [0.15, 0.2) is 53.7 Å². The summed E-state index contributed by atoms with van der Waals surface area (Å²) in [4.78, 5) is 4.10. The molecule has 0 unspecified atom stereocenters. The second-order valence-electron chi connectivity index (χ2n) is 5.69. The van der Waals surface area contributed by atoms with E-state index in [-0.39, 0.29) is 21.5 Å². The second kappa shape index (κ2) is 7.90. The number of aromatic nitrogens is 2. The van der Waals surface area contributed by atoms with Crippen molar-refractivity contribution in [3.8, 4) is 11.4 Å². The average Bonchev–Trinajstić information content (AvgIpc) is 3.08. The normalized spacial score (nSPS) is 11.6. The van der Waals surface area contributed by atoms with Crippen LogP contribution in [0.1, 0.15) is 11.4 Å². The Morgan fingerprint density at radius 1 is 1.15 bits per heavy atom. The molecule has 1 aromatic heterocycles. The Morgan fingerprint density at radius 3 is 2.56 bits per heavy atom. The van der Waals surface area contributed by atoms with Gasteiger partial charge in [0, 0.05) is 18.9 Å². The molecule has 0 radical (unpaired) electrons. The van der Waals surface area contributed by atoms with E-state index in [2.05, 4.69) is 9.71 Å². The van der Waals surface area contributed by atoms with Crippen LogP contribution in [0, 0.1) is 6.92 Å². The van der Waals surface area contributed by atoms with Crippen molar-refractivity contribution in [1.82, 2.24) is 14.3 Å². The molecular weight excluding hydrogens is 409 g/mol. The van der Waals surface area contributed by atoms with Crippen LogP contribution in [0.25, 0.3) is 5.69 Å². The molecule has 0 fully saturated rings. The summed E-state index contributed by atoms with van der Waals surface area (Å²) >= 11 is 12.2. The summed E-state index contributed by atoms with van der Waals surface area (Å²) < 4.78 is 35.0. The van der Waals surface area contributed by atoms with Crippen LogP contribution in [0.3, 0.4) is 0 Å². The van der Waals surface area contributed by atoms with E-state index in [1.165, 1.54) is 19.2 Å². The number of ether oxygens (including phenoxy) is 1. The van der Waals surface area contributed by atoms with Crippen LogP contribution in [-0.2, 0) is 16.6 Å². The summed E-state index contributed by atoms with van der Waals surface area (Å²) in [6.45, 7) is 1.95. The molecule has 0 atom stereocenters. The lowest BCUT2D eigenvalue weighted by molar-refractivity contribution is 0.414. The van der Waals surface area contributed by atoms with Crippen molar-refractivity contribution in [3.63, 3.8) is 0 Å². The van der Waals surface area contributed by atoms with Gasteiger partial charge in [0.15, 0.2) is 0 Å². The molecule has 2 aromatic carbocycles. The van der Waals surface area contributed by atoms with E-state index in [1.54, 1.807) is 6.20 Å². The van der Waals surface area contributed by atoms with Crippen LogP contribution in [0.4, 0.5) is 0 Å².